The third kappa shape index (κ3) is 3.15. The zero-order chi connectivity index (χ0) is 14.5. The van der Waals surface area contributed by atoms with E-state index < -0.39 is 0 Å². The maximum absolute atomic E-state index is 12.3. The van der Waals surface area contributed by atoms with Crippen LogP contribution < -0.4 is 10.6 Å². The van der Waals surface area contributed by atoms with Gasteiger partial charge in [0.2, 0.25) is 0 Å². The lowest BCUT2D eigenvalue weighted by molar-refractivity contribution is 0.102. The lowest BCUT2D eigenvalue weighted by Crippen LogP contribution is -2.15. The molecule has 1 heterocycles. The monoisotopic (exact) mass is 269 g/mol. The molecular weight excluding hydrogens is 250 g/mol. The van der Waals surface area contributed by atoms with Crippen LogP contribution in [0.3, 0.4) is 0 Å². The number of nitrogens with one attached hydrogen (secondary N) is 2. The number of aryl methyl sites for hydroxylation is 2. The molecule has 20 heavy (non-hydrogen) atoms. The summed E-state index contributed by atoms with van der Waals surface area (Å²) in [5.41, 5.74) is 3.57. The van der Waals surface area contributed by atoms with Crippen molar-refractivity contribution < 1.29 is 4.79 Å². The van der Waals surface area contributed by atoms with Gasteiger partial charge in [0.25, 0.3) is 5.91 Å². The van der Waals surface area contributed by atoms with Gasteiger partial charge in [-0.3, -0.25) is 4.79 Å². The molecule has 0 saturated heterocycles. The third-order valence-electron chi connectivity index (χ3n) is 3.09. The first-order valence-electron chi connectivity index (χ1n) is 6.69. The summed E-state index contributed by atoms with van der Waals surface area (Å²) in [7, 11) is 0. The molecule has 104 valence electrons. The van der Waals surface area contributed by atoms with Crippen LogP contribution in [0.4, 0.5) is 11.5 Å². The number of benzene rings is 1. The number of anilines is 2. The van der Waals surface area contributed by atoms with Crippen LogP contribution in [0, 0.1) is 13.8 Å². The standard InChI is InChI=1S/C16H19N3O/c1-4-17-13-7-8-14(12(3)10-13)16(20)19-15-11(2)6-5-9-18-15/h5-10,17H,4H2,1-3H3,(H,18,19,20). The molecule has 2 N–H and O–H groups in total. The fourth-order valence-electron chi connectivity index (χ4n) is 2.02. The summed E-state index contributed by atoms with van der Waals surface area (Å²) in [6, 6.07) is 9.49. The molecule has 0 spiro atoms. The van der Waals surface area contributed by atoms with Crippen LogP contribution in [0.1, 0.15) is 28.4 Å². The van der Waals surface area contributed by atoms with Crippen molar-refractivity contribution in [2.45, 2.75) is 20.8 Å². The quantitative estimate of drug-likeness (QED) is 0.894. The minimum absolute atomic E-state index is 0.132. The molecule has 4 nitrogen and oxygen atoms in total. The highest BCUT2D eigenvalue weighted by atomic mass is 16.1. The second-order valence-corrected chi connectivity index (χ2v) is 4.68. The first-order chi connectivity index (χ1) is 9.61. The molecule has 0 unspecified atom stereocenters. The maximum Gasteiger partial charge on any atom is 0.257 e. The van der Waals surface area contributed by atoms with E-state index in [2.05, 4.69) is 15.6 Å². The first kappa shape index (κ1) is 14.1. The summed E-state index contributed by atoms with van der Waals surface area (Å²) in [4.78, 5) is 16.5. The largest absolute Gasteiger partial charge is 0.385 e. The molecule has 1 aromatic heterocycles. The van der Waals surface area contributed by atoms with Crippen molar-refractivity contribution in [3.05, 3.63) is 53.2 Å². The van der Waals surface area contributed by atoms with Crippen LogP contribution in [0.5, 0.6) is 0 Å². The fraction of sp³-hybridized carbons (Fsp3) is 0.250. The van der Waals surface area contributed by atoms with E-state index in [4.69, 9.17) is 0 Å². The average Bonchev–Trinajstić information content (AvgIpc) is 2.42. The molecule has 0 fully saturated rings. The van der Waals surface area contributed by atoms with E-state index >= 15 is 0 Å². The number of carbonyl (C=O) groups excluding carboxylic acids is 1. The van der Waals surface area contributed by atoms with Crippen LogP contribution in [0.25, 0.3) is 0 Å². The van der Waals surface area contributed by atoms with Crippen LogP contribution in [-0.2, 0) is 0 Å². The predicted molar refractivity (Wildman–Crippen MR) is 82.3 cm³/mol. The second-order valence-electron chi connectivity index (χ2n) is 4.68. The van der Waals surface area contributed by atoms with Gasteiger partial charge in [0.15, 0.2) is 0 Å². The van der Waals surface area contributed by atoms with E-state index in [1.807, 2.05) is 51.1 Å². The summed E-state index contributed by atoms with van der Waals surface area (Å²) in [6.07, 6.45) is 1.67. The molecule has 0 bridgehead atoms. The molecule has 2 aromatic rings. The van der Waals surface area contributed by atoms with Crippen LogP contribution in [0.15, 0.2) is 36.5 Å². The molecule has 1 aromatic carbocycles. The Morgan fingerprint density at radius 2 is 2.00 bits per heavy atom. The van der Waals surface area contributed by atoms with Gasteiger partial charge in [-0.15, -0.1) is 0 Å². The van der Waals surface area contributed by atoms with Crippen LogP contribution in [-0.4, -0.2) is 17.4 Å². The summed E-state index contributed by atoms with van der Waals surface area (Å²) in [5.74, 6) is 0.472. The molecule has 0 aliphatic rings. The normalized spacial score (nSPS) is 10.2. The highest BCUT2D eigenvalue weighted by Crippen LogP contribution is 2.17. The number of carbonyl (C=O) groups is 1. The lowest BCUT2D eigenvalue weighted by atomic mass is 10.1. The zero-order valence-corrected chi connectivity index (χ0v) is 12.0. The van der Waals surface area contributed by atoms with Crippen molar-refractivity contribution in [2.75, 3.05) is 17.2 Å². The molecule has 0 aliphatic heterocycles. The fourth-order valence-corrected chi connectivity index (χ4v) is 2.02. The Morgan fingerprint density at radius 3 is 2.65 bits per heavy atom. The Bertz CT molecular complexity index is 623. The summed E-state index contributed by atoms with van der Waals surface area (Å²) in [6.45, 7) is 6.75. The van der Waals surface area contributed by atoms with Crippen LogP contribution >= 0.6 is 0 Å². The second kappa shape index (κ2) is 6.19. The Hall–Kier alpha value is -2.36. The van der Waals surface area contributed by atoms with Crippen molar-refractivity contribution in [3.63, 3.8) is 0 Å². The molecule has 2 rings (SSSR count). The lowest BCUT2D eigenvalue weighted by Gasteiger charge is -2.11. The van der Waals surface area contributed by atoms with Crippen molar-refractivity contribution in [3.8, 4) is 0 Å². The summed E-state index contributed by atoms with van der Waals surface area (Å²) < 4.78 is 0. The van der Waals surface area contributed by atoms with Gasteiger partial charge >= 0.3 is 0 Å². The molecule has 0 saturated carbocycles. The first-order valence-corrected chi connectivity index (χ1v) is 6.69. The maximum atomic E-state index is 12.3. The van der Waals surface area contributed by atoms with E-state index in [0.29, 0.717) is 11.4 Å². The molecule has 0 aliphatic carbocycles. The van der Waals surface area contributed by atoms with Crippen molar-refractivity contribution >= 4 is 17.4 Å². The van der Waals surface area contributed by atoms with E-state index in [0.717, 1.165) is 23.4 Å². The SMILES string of the molecule is CCNc1ccc(C(=O)Nc2ncccc2C)c(C)c1. The van der Waals surface area contributed by atoms with Crippen molar-refractivity contribution in [2.24, 2.45) is 0 Å². The number of rotatable bonds is 4. The number of pyridine rings is 1. The molecular formula is C16H19N3O. The number of hydrogen-bond donors (Lipinski definition) is 2. The number of hydrogen-bond acceptors (Lipinski definition) is 3. The Morgan fingerprint density at radius 1 is 1.20 bits per heavy atom. The smallest absolute Gasteiger partial charge is 0.257 e. The van der Waals surface area contributed by atoms with Gasteiger partial charge < -0.3 is 10.6 Å². The van der Waals surface area contributed by atoms with E-state index in [-0.39, 0.29) is 5.91 Å². The van der Waals surface area contributed by atoms with Gasteiger partial charge in [0.05, 0.1) is 0 Å². The van der Waals surface area contributed by atoms with Gasteiger partial charge in [0.1, 0.15) is 5.82 Å². The van der Waals surface area contributed by atoms with Crippen molar-refractivity contribution in [1.29, 1.82) is 0 Å². The van der Waals surface area contributed by atoms with Gasteiger partial charge in [-0.05, 0) is 56.2 Å². The average molecular weight is 269 g/mol. The summed E-state index contributed by atoms with van der Waals surface area (Å²) in [5, 5.41) is 6.08. The molecule has 0 atom stereocenters. The number of amides is 1. The zero-order valence-electron chi connectivity index (χ0n) is 12.0. The third-order valence-corrected chi connectivity index (χ3v) is 3.09. The Balaban J connectivity index is 2.19. The van der Waals surface area contributed by atoms with Gasteiger partial charge in [-0.25, -0.2) is 4.98 Å². The van der Waals surface area contributed by atoms with Gasteiger partial charge in [-0.1, -0.05) is 6.07 Å². The number of nitrogens with zero attached hydrogens (tertiary/aromatic N) is 1. The Labute approximate surface area is 119 Å². The topological polar surface area (TPSA) is 54.0 Å². The molecule has 0 radical (unpaired) electrons. The number of aromatic nitrogens is 1. The Kier molecular flexibility index (Phi) is 4.35. The van der Waals surface area contributed by atoms with E-state index in [1.165, 1.54) is 0 Å². The molecule has 1 amide bonds. The van der Waals surface area contributed by atoms with Crippen molar-refractivity contribution in [1.82, 2.24) is 4.98 Å². The van der Waals surface area contributed by atoms with Gasteiger partial charge in [0, 0.05) is 24.0 Å². The summed E-state index contributed by atoms with van der Waals surface area (Å²) >= 11 is 0. The van der Waals surface area contributed by atoms with E-state index in [1.54, 1.807) is 6.20 Å². The van der Waals surface area contributed by atoms with Gasteiger partial charge in [-0.2, -0.15) is 0 Å². The van der Waals surface area contributed by atoms with E-state index in [9.17, 15) is 4.79 Å². The predicted octanol–water partition coefficient (Wildman–Crippen LogP) is 3.38. The molecule has 4 heteroatoms. The highest BCUT2D eigenvalue weighted by molar-refractivity contribution is 6.05. The minimum Gasteiger partial charge on any atom is -0.385 e. The van der Waals surface area contributed by atoms with Crippen LogP contribution in [0.2, 0.25) is 0 Å². The highest BCUT2D eigenvalue weighted by Gasteiger charge is 2.11. The minimum atomic E-state index is -0.132.